The van der Waals surface area contributed by atoms with Crippen LogP contribution in [0.4, 0.5) is 15.9 Å². The van der Waals surface area contributed by atoms with Crippen LogP contribution in [0.25, 0.3) is 16.7 Å². The van der Waals surface area contributed by atoms with Gasteiger partial charge in [-0.15, -0.1) is 0 Å². The first kappa shape index (κ1) is 20.4. The molecule has 0 fully saturated rings. The van der Waals surface area contributed by atoms with E-state index < -0.39 is 17.8 Å². The third-order valence-electron chi connectivity index (χ3n) is 5.11. The maximum absolute atomic E-state index is 13.8. The van der Waals surface area contributed by atoms with Crippen LogP contribution >= 0.6 is 0 Å². The lowest BCUT2D eigenvalue weighted by Gasteiger charge is -2.14. The van der Waals surface area contributed by atoms with Crippen LogP contribution in [-0.4, -0.2) is 30.8 Å². The zero-order valence-electron chi connectivity index (χ0n) is 17.2. The first-order valence-electron chi connectivity index (χ1n) is 9.58. The molecule has 158 valence electrons. The van der Waals surface area contributed by atoms with E-state index in [0.29, 0.717) is 33.8 Å². The van der Waals surface area contributed by atoms with E-state index in [9.17, 15) is 14.3 Å². The Morgan fingerprint density at radius 1 is 1.13 bits per heavy atom. The second-order valence-electron chi connectivity index (χ2n) is 7.36. The predicted octanol–water partition coefficient (Wildman–Crippen LogP) is 3.13. The highest BCUT2D eigenvalue weighted by atomic mass is 19.1. The number of anilines is 2. The summed E-state index contributed by atoms with van der Waals surface area (Å²) in [5.74, 6) is -0.821. The third-order valence-corrected chi connectivity index (χ3v) is 5.11. The van der Waals surface area contributed by atoms with Crippen molar-refractivity contribution in [2.24, 2.45) is 0 Å². The van der Waals surface area contributed by atoms with Crippen molar-refractivity contribution in [2.45, 2.75) is 26.9 Å². The van der Waals surface area contributed by atoms with Gasteiger partial charge in [0.25, 0.3) is 5.91 Å². The first-order valence-corrected chi connectivity index (χ1v) is 9.58. The van der Waals surface area contributed by atoms with Gasteiger partial charge in [-0.2, -0.15) is 5.10 Å². The smallest absolute Gasteiger partial charge is 0.257 e. The van der Waals surface area contributed by atoms with Crippen molar-refractivity contribution >= 4 is 28.4 Å². The Morgan fingerprint density at radius 2 is 1.90 bits per heavy atom. The molecule has 0 aliphatic heterocycles. The summed E-state index contributed by atoms with van der Waals surface area (Å²) >= 11 is 0. The predicted molar refractivity (Wildman–Crippen MR) is 115 cm³/mol. The van der Waals surface area contributed by atoms with Crippen molar-refractivity contribution in [3.8, 4) is 5.69 Å². The molecule has 2 heterocycles. The number of nitrogen functional groups attached to an aromatic ring is 1. The van der Waals surface area contributed by atoms with Gasteiger partial charge in [0.1, 0.15) is 23.2 Å². The van der Waals surface area contributed by atoms with Crippen molar-refractivity contribution in [1.82, 2.24) is 19.7 Å². The SMILES string of the molecule is Cc1ccc([C@@H](O)C(=O)Nc2ccc(-n3nc(C)c4ncnc(N)c43)c(C)c2)cc1F. The van der Waals surface area contributed by atoms with Gasteiger partial charge in [-0.05, 0) is 61.7 Å². The number of hydrogen-bond donors (Lipinski definition) is 3. The van der Waals surface area contributed by atoms with Crippen LogP contribution in [0.15, 0.2) is 42.7 Å². The molecule has 1 amide bonds. The van der Waals surface area contributed by atoms with Crippen LogP contribution in [0.2, 0.25) is 0 Å². The van der Waals surface area contributed by atoms with Gasteiger partial charge in [-0.25, -0.2) is 19.0 Å². The van der Waals surface area contributed by atoms with E-state index in [2.05, 4.69) is 20.4 Å². The maximum Gasteiger partial charge on any atom is 0.257 e. The Kier molecular flexibility index (Phi) is 5.12. The minimum atomic E-state index is -1.50. The molecule has 0 radical (unpaired) electrons. The summed E-state index contributed by atoms with van der Waals surface area (Å²) < 4.78 is 15.4. The molecule has 8 nitrogen and oxygen atoms in total. The number of carbonyl (C=O) groups is 1. The lowest BCUT2D eigenvalue weighted by molar-refractivity contribution is -0.124. The molecule has 1 atom stereocenters. The zero-order chi connectivity index (χ0) is 22.3. The van der Waals surface area contributed by atoms with E-state index in [-0.39, 0.29) is 5.56 Å². The van der Waals surface area contributed by atoms with E-state index in [1.54, 1.807) is 29.8 Å². The number of aryl methyl sites for hydroxylation is 3. The number of amides is 1. The molecule has 2 aromatic heterocycles. The quantitative estimate of drug-likeness (QED) is 0.467. The van der Waals surface area contributed by atoms with E-state index >= 15 is 0 Å². The summed E-state index contributed by atoms with van der Waals surface area (Å²) in [5, 5.41) is 17.5. The van der Waals surface area contributed by atoms with Gasteiger partial charge in [-0.1, -0.05) is 12.1 Å². The molecular weight excluding hydrogens is 399 g/mol. The van der Waals surface area contributed by atoms with Gasteiger partial charge in [-0.3, -0.25) is 4.79 Å². The second-order valence-corrected chi connectivity index (χ2v) is 7.36. The molecule has 31 heavy (non-hydrogen) atoms. The number of carbonyl (C=O) groups excluding carboxylic acids is 1. The fourth-order valence-electron chi connectivity index (χ4n) is 3.40. The molecule has 0 bridgehead atoms. The van der Waals surface area contributed by atoms with E-state index in [1.165, 1.54) is 18.5 Å². The first-order chi connectivity index (χ1) is 14.8. The van der Waals surface area contributed by atoms with Crippen LogP contribution in [0.1, 0.15) is 28.5 Å². The highest BCUT2D eigenvalue weighted by Gasteiger charge is 2.20. The van der Waals surface area contributed by atoms with E-state index in [4.69, 9.17) is 5.73 Å². The molecule has 0 saturated heterocycles. The van der Waals surface area contributed by atoms with Gasteiger partial charge in [0.15, 0.2) is 11.9 Å². The molecule has 4 rings (SSSR count). The minimum Gasteiger partial charge on any atom is -0.382 e. The Morgan fingerprint density at radius 3 is 2.61 bits per heavy atom. The molecule has 0 saturated carbocycles. The monoisotopic (exact) mass is 420 g/mol. The summed E-state index contributed by atoms with van der Waals surface area (Å²) in [6.07, 6.45) is -0.0994. The van der Waals surface area contributed by atoms with Crippen molar-refractivity contribution < 1.29 is 14.3 Å². The number of aliphatic hydroxyl groups is 1. The number of fused-ring (bicyclic) bond motifs is 1. The summed E-state index contributed by atoms with van der Waals surface area (Å²) in [5.41, 5.74) is 10.7. The van der Waals surface area contributed by atoms with Crippen molar-refractivity contribution in [1.29, 1.82) is 0 Å². The summed E-state index contributed by atoms with van der Waals surface area (Å²) in [4.78, 5) is 20.8. The Balaban J connectivity index is 1.61. The highest BCUT2D eigenvalue weighted by Crippen LogP contribution is 2.27. The number of nitrogens with two attached hydrogens (primary N) is 1. The van der Waals surface area contributed by atoms with Crippen molar-refractivity contribution in [2.75, 3.05) is 11.1 Å². The summed E-state index contributed by atoms with van der Waals surface area (Å²) in [6, 6.07) is 9.41. The standard InChI is InChI=1S/C22H21FN6O2/c1-11-4-5-14(9-16(11)23)20(30)22(31)27-15-6-7-17(12(2)8-15)29-19-18(13(3)28-29)25-10-26-21(19)24/h4-10,20,30H,1-3H3,(H,27,31)(H2,24,25,26)/t20-/m1/s1. The zero-order valence-corrected chi connectivity index (χ0v) is 17.2. The van der Waals surface area contributed by atoms with Gasteiger partial charge >= 0.3 is 0 Å². The van der Waals surface area contributed by atoms with Crippen LogP contribution in [0.3, 0.4) is 0 Å². The number of benzene rings is 2. The number of aromatic nitrogens is 4. The van der Waals surface area contributed by atoms with Crippen molar-refractivity contribution in [3.63, 3.8) is 0 Å². The van der Waals surface area contributed by atoms with Gasteiger partial charge in [0.05, 0.1) is 11.4 Å². The molecule has 4 aromatic rings. The van der Waals surface area contributed by atoms with Crippen LogP contribution in [0.5, 0.6) is 0 Å². The minimum absolute atomic E-state index is 0.183. The third kappa shape index (κ3) is 3.71. The summed E-state index contributed by atoms with van der Waals surface area (Å²) in [6.45, 7) is 5.31. The van der Waals surface area contributed by atoms with Gasteiger partial charge in [0, 0.05) is 5.69 Å². The van der Waals surface area contributed by atoms with Gasteiger partial charge in [0.2, 0.25) is 0 Å². The molecule has 0 unspecified atom stereocenters. The van der Waals surface area contributed by atoms with Crippen molar-refractivity contribution in [3.05, 3.63) is 70.9 Å². The molecule has 2 aromatic carbocycles. The lowest BCUT2D eigenvalue weighted by atomic mass is 10.1. The molecule has 0 aliphatic carbocycles. The Bertz CT molecular complexity index is 1320. The molecule has 0 aliphatic rings. The number of hydrogen-bond acceptors (Lipinski definition) is 6. The summed E-state index contributed by atoms with van der Waals surface area (Å²) in [7, 11) is 0. The number of nitrogens with zero attached hydrogens (tertiary/aromatic N) is 4. The largest absolute Gasteiger partial charge is 0.382 e. The lowest BCUT2D eigenvalue weighted by Crippen LogP contribution is -2.21. The topological polar surface area (TPSA) is 119 Å². The molecule has 0 spiro atoms. The van der Waals surface area contributed by atoms with E-state index in [1.807, 2.05) is 13.8 Å². The normalized spacial score (nSPS) is 12.2. The van der Waals surface area contributed by atoms with Crippen LogP contribution < -0.4 is 11.1 Å². The fourth-order valence-corrected chi connectivity index (χ4v) is 3.40. The average Bonchev–Trinajstić information content (AvgIpc) is 3.07. The number of rotatable bonds is 4. The Labute approximate surface area is 177 Å². The van der Waals surface area contributed by atoms with E-state index in [0.717, 1.165) is 17.3 Å². The molecule has 9 heteroatoms. The Hall–Kier alpha value is -3.85. The molecule has 4 N–H and O–H groups in total. The number of halogens is 1. The fraction of sp³-hybridized carbons (Fsp3) is 0.182. The highest BCUT2D eigenvalue weighted by molar-refractivity contribution is 5.95. The van der Waals surface area contributed by atoms with Crippen LogP contribution in [-0.2, 0) is 4.79 Å². The second kappa shape index (κ2) is 7.77. The number of aliphatic hydroxyl groups excluding tert-OH is 1. The average molecular weight is 420 g/mol. The maximum atomic E-state index is 13.8. The number of nitrogens with one attached hydrogen (secondary N) is 1. The van der Waals surface area contributed by atoms with Gasteiger partial charge < -0.3 is 16.2 Å². The molecular formula is C22H21FN6O2. The van der Waals surface area contributed by atoms with Crippen LogP contribution in [0, 0.1) is 26.6 Å².